The maximum Gasteiger partial charge on any atom is 0.241 e. The van der Waals surface area contributed by atoms with Crippen LogP contribution in [0.3, 0.4) is 0 Å². The summed E-state index contributed by atoms with van der Waals surface area (Å²) < 4.78 is 22.9. The van der Waals surface area contributed by atoms with Gasteiger partial charge in [0, 0.05) is 7.05 Å². The van der Waals surface area contributed by atoms with Crippen LogP contribution >= 0.6 is 0 Å². The number of benzene rings is 1. The van der Waals surface area contributed by atoms with Crippen LogP contribution in [-0.2, 0) is 14.6 Å². The molecule has 0 radical (unpaired) electrons. The third kappa shape index (κ3) is 4.34. The van der Waals surface area contributed by atoms with Gasteiger partial charge >= 0.3 is 0 Å². The summed E-state index contributed by atoms with van der Waals surface area (Å²) in [7, 11) is -2.24. The van der Waals surface area contributed by atoms with Crippen molar-refractivity contribution >= 4 is 15.7 Å². The predicted molar refractivity (Wildman–Crippen MR) is 82.4 cm³/mol. The molecule has 4 nitrogen and oxygen atoms in total. The van der Waals surface area contributed by atoms with Gasteiger partial charge in [-0.05, 0) is 26.0 Å². The summed E-state index contributed by atoms with van der Waals surface area (Å²) in [5.74, 6) is -0.517. The fraction of sp³-hybridized carbons (Fsp3) is 0.533. The van der Waals surface area contributed by atoms with E-state index >= 15 is 0 Å². The highest BCUT2D eigenvalue weighted by atomic mass is 32.2. The lowest BCUT2D eigenvalue weighted by molar-refractivity contribution is -0.122. The van der Waals surface area contributed by atoms with Gasteiger partial charge in [0.1, 0.15) is 4.75 Å². The van der Waals surface area contributed by atoms with Crippen LogP contribution in [0.4, 0.5) is 0 Å². The standard InChI is InChI=1S/C11H15NO3S.C4H10/c1-11(2,10(13)12-3)16(14,15)9-7-5-4-6-8-9;1-3-4-2/h4-8H,1-3H3,(H,12,13);3-4H2,1-2H3. The third-order valence-corrected chi connectivity index (χ3v) is 5.42. The average molecular weight is 299 g/mol. The number of rotatable bonds is 4. The van der Waals surface area contributed by atoms with E-state index in [1.807, 2.05) is 0 Å². The number of amides is 1. The second-order valence-electron chi connectivity index (χ2n) is 4.91. The first kappa shape index (κ1) is 18.6. The lowest BCUT2D eigenvalue weighted by Gasteiger charge is -2.22. The van der Waals surface area contributed by atoms with Gasteiger partial charge in [0.15, 0.2) is 9.84 Å². The number of unbranched alkanes of at least 4 members (excludes halogenated alkanes) is 1. The zero-order chi connectivity index (χ0) is 15.8. The number of carbonyl (C=O) groups is 1. The fourth-order valence-corrected chi connectivity index (χ4v) is 2.77. The van der Waals surface area contributed by atoms with E-state index in [0.29, 0.717) is 0 Å². The molecule has 1 N–H and O–H groups in total. The summed E-state index contributed by atoms with van der Waals surface area (Å²) in [5.41, 5.74) is 0. The van der Waals surface area contributed by atoms with Gasteiger partial charge in [0.05, 0.1) is 4.90 Å². The van der Waals surface area contributed by atoms with Gasteiger partial charge in [0.2, 0.25) is 5.91 Å². The molecule has 0 aliphatic rings. The summed E-state index contributed by atoms with van der Waals surface area (Å²) in [6.45, 7) is 7.16. The minimum absolute atomic E-state index is 0.156. The van der Waals surface area contributed by atoms with Crippen molar-refractivity contribution in [3.8, 4) is 0 Å². The molecular weight excluding hydrogens is 274 g/mol. The van der Waals surface area contributed by atoms with Crippen LogP contribution in [0.25, 0.3) is 0 Å². The molecule has 5 heteroatoms. The molecule has 0 fully saturated rings. The van der Waals surface area contributed by atoms with Gasteiger partial charge in [-0.15, -0.1) is 0 Å². The Morgan fingerprint density at radius 1 is 1.10 bits per heavy atom. The Labute approximate surface area is 122 Å². The fourth-order valence-electron chi connectivity index (χ4n) is 1.32. The maximum absolute atomic E-state index is 12.2. The quantitative estimate of drug-likeness (QED) is 0.930. The van der Waals surface area contributed by atoms with E-state index in [1.54, 1.807) is 18.2 Å². The highest BCUT2D eigenvalue weighted by molar-refractivity contribution is 7.93. The summed E-state index contributed by atoms with van der Waals surface area (Å²) in [5, 5.41) is 2.36. The smallest absolute Gasteiger partial charge is 0.241 e. The highest BCUT2D eigenvalue weighted by Crippen LogP contribution is 2.25. The van der Waals surface area contributed by atoms with E-state index in [4.69, 9.17) is 0 Å². The molecule has 0 spiro atoms. The first-order valence-corrected chi connectivity index (χ1v) is 8.25. The van der Waals surface area contributed by atoms with Crippen molar-refractivity contribution < 1.29 is 13.2 Å². The van der Waals surface area contributed by atoms with Crippen molar-refractivity contribution in [1.82, 2.24) is 5.32 Å². The number of hydrogen-bond acceptors (Lipinski definition) is 3. The molecule has 0 saturated carbocycles. The molecule has 0 aliphatic heterocycles. The van der Waals surface area contributed by atoms with E-state index in [9.17, 15) is 13.2 Å². The van der Waals surface area contributed by atoms with Crippen molar-refractivity contribution in [2.75, 3.05) is 7.05 Å². The molecule has 0 unspecified atom stereocenters. The van der Waals surface area contributed by atoms with E-state index in [2.05, 4.69) is 19.2 Å². The molecule has 114 valence electrons. The predicted octanol–water partition coefficient (Wildman–Crippen LogP) is 2.79. The van der Waals surface area contributed by atoms with Gasteiger partial charge < -0.3 is 5.32 Å². The van der Waals surface area contributed by atoms with Crippen LogP contribution in [0.2, 0.25) is 0 Å². The molecular formula is C15H25NO3S. The Balaban J connectivity index is 0.000000796. The van der Waals surface area contributed by atoms with Crippen LogP contribution in [-0.4, -0.2) is 26.1 Å². The minimum atomic E-state index is -3.66. The first-order valence-electron chi connectivity index (χ1n) is 6.77. The van der Waals surface area contributed by atoms with Crippen molar-refractivity contribution in [2.45, 2.75) is 50.2 Å². The number of hydrogen-bond donors (Lipinski definition) is 1. The Bertz CT molecular complexity index is 505. The molecule has 20 heavy (non-hydrogen) atoms. The zero-order valence-electron chi connectivity index (χ0n) is 12.9. The molecule has 1 rings (SSSR count). The second kappa shape index (κ2) is 8.04. The number of sulfone groups is 1. The first-order chi connectivity index (χ1) is 9.25. The highest BCUT2D eigenvalue weighted by Gasteiger charge is 2.42. The third-order valence-electron chi connectivity index (χ3n) is 3.00. The van der Waals surface area contributed by atoms with Gasteiger partial charge in [0.25, 0.3) is 0 Å². The van der Waals surface area contributed by atoms with Crippen molar-refractivity contribution in [3.63, 3.8) is 0 Å². The molecule has 0 aliphatic carbocycles. The van der Waals surface area contributed by atoms with E-state index in [0.717, 1.165) is 0 Å². The SMILES string of the molecule is CCCC.CNC(=O)C(C)(C)S(=O)(=O)c1ccccc1. The lowest BCUT2D eigenvalue weighted by atomic mass is 10.2. The molecule has 0 bridgehead atoms. The van der Waals surface area contributed by atoms with E-state index in [1.165, 1.54) is 45.9 Å². The minimum Gasteiger partial charge on any atom is -0.358 e. The topological polar surface area (TPSA) is 63.2 Å². The van der Waals surface area contributed by atoms with Crippen LogP contribution < -0.4 is 5.32 Å². The molecule has 1 amide bonds. The van der Waals surface area contributed by atoms with Crippen LogP contribution in [0.5, 0.6) is 0 Å². The lowest BCUT2D eigenvalue weighted by Crippen LogP contribution is -2.46. The largest absolute Gasteiger partial charge is 0.358 e. The van der Waals surface area contributed by atoms with Gasteiger partial charge in [-0.3, -0.25) is 4.79 Å². The number of nitrogens with one attached hydrogen (secondary N) is 1. The van der Waals surface area contributed by atoms with Crippen LogP contribution in [0.1, 0.15) is 40.5 Å². The summed E-state index contributed by atoms with van der Waals surface area (Å²) >= 11 is 0. The Kier molecular flexibility index (Phi) is 7.50. The van der Waals surface area contributed by atoms with Crippen LogP contribution in [0, 0.1) is 0 Å². The van der Waals surface area contributed by atoms with Gasteiger partial charge in [-0.1, -0.05) is 44.9 Å². The molecule has 0 atom stereocenters. The van der Waals surface area contributed by atoms with Crippen molar-refractivity contribution in [1.29, 1.82) is 0 Å². The van der Waals surface area contributed by atoms with E-state index in [-0.39, 0.29) is 4.90 Å². The monoisotopic (exact) mass is 299 g/mol. The Morgan fingerprint density at radius 2 is 1.55 bits per heavy atom. The Morgan fingerprint density at radius 3 is 1.90 bits per heavy atom. The van der Waals surface area contributed by atoms with Crippen molar-refractivity contribution in [2.24, 2.45) is 0 Å². The van der Waals surface area contributed by atoms with E-state index < -0.39 is 20.5 Å². The number of carbonyl (C=O) groups excluding carboxylic acids is 1. The van der Waals surface area contributed by atoms with Crippen LogP contribution in [0.15, 0.2) is 35.2 Å². The molecule has 1 aromatic rings. The normalized spacial score (nSPS) is 11.2. The molecule has 0 saturated heterocycles. The summed E-state index contributed by atoms with van der Waals surface area (Å²) in [6, 6.07) is 7.96. The molecule has 1 aromatic carbocycles. The molecule has 0 heterocycles. The average Bonchev–Trinajstić information content (AvgIpc) is 2.47. The van der Waals surface area contributed by atoms with Crippen molar-refractivity contribution in [3.05, 3.63) is 30.3 Å². The second-order valence-corrected chi connectivity index (χ2v) is 7.40. The maximum atomic E-state index is 12.2. The summed E-state index contributed by atoms with van der Waals surface area (Å²) in [4.78, 5) is 11.7. The summed E-state index contributed by atoms with van der Waals surface area (Å²) in [6.07, 6.45) is 2.64. The van der Waals surface area contributed by atoms with Gasteiger partial charge in [-0.2, -0.15) is 0 Å². The Hall–Kier alpha value is -1.36. The van der Waals surface area contributed by atoms with Gasteiger partial charge in [-0.25, -0.2) is 8.42 Å². The molecule has 0 aromatic heterocycles. The zero-order valence-corrected chi connectivity index (χ0v) is 13.8.